The fourth-order valence-corrected chi connectivity index (χ4v) is 4.40. The van der Waals surface area contributed by atoms with E-state index in [-0.39, 0.29) is 0 Å². The quantitative estimate of drug-likeness (QED) is 0.425. The van der Waals surface area contributed by atoms with Crippen LogP contribution in [0.4, 0.5) is 0 Å². The monoisotopic (exact) mass is 342 g/mol. The number of benzene rings is 2. The van der Waals surface area contributed by atoms with Gasteiger partial charge in [0.15, 0.2) is 0 Å². The molecule has 0 unspecified atom stereocenters. The number of aromatic amines is 1. The molecule has 0 bridgehead atoms. The molecule has 25 heavy (non-hydrogen) atoms. The molecule has 2 nitrogen and oxygen atoms in total. The summed E-state index contributed by atoms with van der Waals surface area (Å²) in [5, 5.41) is 3.46. The largest absolute Gasteiger partial charge is 0.358 e. The van der Waals surface area contributed by atoms with Gasteiger partial charge in [0, 0.05) is 29.9 Å². The molecule has 5 rings (SSSR count). The van der Waals surface area contributed by atoms with Crippen LogP contribution < -0.4 is 0 Å². The lowest BCUT2D eigenvalue weighted by Crippen LogP contribution is -2.04. The van der Waals surface area contributed by atoms with Crippen molar-refractivity contribution in [3.8, 4) is 0 Å². The van der Waals surface area contributed by atoms with Crippen molar-refractivity contribution in [2.24, 2.45) is 0 Å². The summed E-state index contributed by atoms with van der Waals surface area (Å²) in [5.74, 6) is 0. The summed E-state index contributed by atoms with van der Waals surface area (Å²) in [7, 11) is 0. The zero-order chi connectivity index (χ0) is 16.6. The number of H-pyrrole nitrogens is 1. The zero-order valence-electron chi connectivity index (χ0n) is 13.8. The average Bonchev–Trinajstić information content (AvgIpc) is 3.32. The van der Waals surface area contributed by atoms with Crippen molar-refractivity contribution in [1.82, 2.24) is 9.55 Å². The van der Waals surface area contributed by atoms with Crippen molar-refractivity contribution in [2.75, 3.05) is 0 Å². The predicted octanol–water partition coefficient (Wildman–Crippen LogP) is 5.82. The summed E-state index contributed by atoms with van der Waals surface area (Å²) < 4.78 is 3.81. The smallest absolute Gasteiger partial charge is 0.0595 e. The minimum atomic E-state index is 0.913. The normalized spacial score (nSPS) is 11.5. The summed E-state index contributed by atoms with van der Waals surface area (Å²) >= 11 is 1.82. The Balaban J connectivity index is 1.56. The van der Waals surface area contributed by atoms with Gasteiger partial charge in [-0.1, -0.05) is 48.5 Å². The molecular formula is C22H18N2S. The third kappa shape index (κ3) is 2.67. The summed E-state index contributed by atoms with van der Waals surface area (Å²) in [5.41, 5.74) is 6.50. The molecular weight excluding hydrogens is 324 g/mol. The van der Waals surface area contributed by atoms with E-state index in [2.05, 4.69) is 87.7 Å². The molecule has 0 aliphatic heterocycles. The molecule has 3 aromatic heterocycles. The zero-order valence-corrected chi connectivity index (χ0v) is 14.6. The maximum absolute atomic E-state index is 3.56. The van der Waals surface area contributed by atoms with Crippen LogP contribution >= 0.6 is 11.3 Å². The number of para-hydroxylation sites is 1. The van der Waals surface area contributed by atoms with E-state index in [0.29, 0.717) is 0 Å². The van der Waals surface area contributed by atoms with E-state index in [1.807, 2.05) is 11.3 Å². The lowest BCUT2D eigenvalue weighted by Gasteiger charge is -2.10. The van der Waals surface area contributed by atoms with Crippen molar-refractivity contribution in [3.63, 3.8) is 0 Å². The predicted molar refractivity (Wildman–Crippen MR) is 106 cm³/mol. The molecule has 5 aromatic rings. The van der Waals surface area contributed by atoms with Gasteiger partial charge in [0.1, 0.15) is 0 Å². The molecule has 0 saturated carbocycles. The first kappa shape index (κ1) is 14.6. The molecule has 1 N–H and O–H groups in total. The van der Waals surface area contributed by atoms with Crippen LogP contribution in [-0.4, -0.2) is 9.55 Å². The number of nitrogens with zero attached hydrogens (tertiary/aromatic N) is 1. The Morgan fingerprint density at radius 1 is 0.880 bits per heavy atom. The van der Waals surface area contributed by atoms with Crippen LogP contribution in [0.2, 0.25) is 0 Å². The molecule has 0 radical (unpaired) electrons. The molecule has 0 fully saturated rings. The lowest BCUT2D eigenvalue weighted by molar-refractivity contribution is 0.781. The van der Waals surface area contributed by atoms with Gasteiger partial charge >= 0.3 is 0 Å². The van der Waals surface area contributed by atoms with Crippen LogP contribution in [-0.2, 0) is 13.0 Å². The minimum Gasteiger partial charge on any atom is -0.358 e. The number of aromatic nitrogens is 2. The van der Waals surface area contributed by atoms with E-state index in [1.54, 1.807) is 0 Å². The van der Waals surface area contributed by atoms with Gasteiger partial charge in [-0.05, 0) is 40.6 Å². The number of hydrogen-bond donors (Lipinski definition) is 1. The number of thiophene rings is 1. The second kappa shape index (κ2) is 5.94. The van der Waals surface area contributed by atoms with Gasteiger partial charge in [0.2, 0.25) is 0 Å². The van der Waals surface area contributed by atoms with Gasteiger partial charge in [-0.3, -0.25) is 0 Å². The van der Waals surface area contributed by atoms with Gasteiger partial charge in [0.05, 0.1) is 10.2 Å². The Labute approximate surface area is 150 Å². The van der Waals surface area contributed by atoms with E-state index in [0.717, 1.165) is 13.0 Å². The number of hydrogen-bond acceptors (Lipinski definition) is 1. The summed E-state index contributed by atoms with van der Waals surface area (Å²) in [4.78, 5) is 3.56. The molecule has 0 aliphatic rings. The van der Waals surface area contributed by atoms with Gasteiger partial charge in [-0.25, -0.2) is 0 Å². The Morgan fingerprint density at radius 3 is 2.60 bits per heavy atom. The van der Waals surface area contributed by atoms with Crippen LogP contribution in [0.25, 0.3) is 21.1 Å². The summed E-state index contributed by atoms with van der Waals surface area (Å²) in [6.45, 7) is 0.913. The molecule has 0 amide bonds. The van der Waals surface area contributed by atoms with E-state index < -0.39 is 0 Å². The molecule has 0 aliphatic carbocycles. The second-order valence-electron chi connectivity index (χ2n) is 6.44. The number of rotatable bonds is 4. The van der Waals surface area contributed by atoms with Crippen LogP contribution in [0, 0.1) is 0 Å². The molecule has 0 atom stereocenters. The highest BCUT2D eigenvalue weighted by Gasteiger charge is 2.12. The van der Waals surface area contributed by atoms with Gasteiger partial charge in [-0.2, -0.15) is 0 Å². The van der Waals surface area contributed by atoms with Crippen LogP contribution in [0.5, 0.6) is 0 Å². The first-order chi connectivity index (χ1) is 12.4. The first-order valence-corrected chi connectivity index (χ1v) is 9.41. The fourth-order valence-electron chi connectivity index (χ4n) is 3.55. The van der Waals surface area contributed by atoms with Crippen molar-refractivity contribution in [2.45, 2.75) is 13.0 Å². The molecule has 122 valence electrons. The summed E-state index contributed by atoms with van der Waals surface area (Å²) in [6.07, 6.45) is 0.920. The third-order valence-electron chi connectivity index (χ3n) is 4.75. The van der Waals surface area contributed by atoms with Gasteiger partial charge in [-0.15, -0.1) is 11.3 Å². The highest BCUT2D eigenvalue weighted by atomic mass is 32.1. The second-order valence-corrected chi connectivity index (χ2v) is 7.38. The highest BCUT2D eigenvalue weighted by molar-refractivity contribution is 7.17. The van der Waals surface area contributed by atoms with Crippen LogP contribution in [0.1, 0.15) is 17.0 Å². The molecule has 3 heterocycles. The van der Waals surface area contributed by atoms with Gasteiger partial charge < -0.3 is 9.55 Å². The molecule has 0 spiro atoms. The fraction of sp³-hybridized carbons (Fsp3) is 0.0909. The molecule has 3 heteroatoms. The standard InChI is InChI=1S/C22H18N2S/c1-2-6-16(7-3-1)15-24-19(14-22-21(24)10-11-25-22)13-18-12-17-8-4-5-9-20(17)23-18/h1-12,14,23H,13,15H2. The van der Waals surface area contributed by atoms with Crippen molar-refractivity contribution >= 4 is 32.5 Å². The number of nitrogens with one attached hydrogen (secondary N) is 1. The van der Waals surface area contributed by atoms with Crippen LogP contribution in [0.15, 0.2) is 78.2 Å². The third-order valence-corrected chi connectivity index (χ3v) is 5.60. The topological polar surface area (TPSA) is 20.7 Å². The SMILES string of the molecule is c1ccc(Cn2c(Cc3cc4ccccc4[nH]3)cc3sccc32)cc1. The van der Waals surface area contributed by atoms with Crippen molar-refractivity contribution in [1.29, 1.82) is 0 Å². The lowest BCUT2D eigenvalue weighted by atomic mass is 10.2. The molecule has 2 aromatic carbocycles. The van der Waals surface area contributed by atoms with Gasteiger partial charge in [0.25, 0.3) is 0 Å². The Hall–Kier alpha value is -2.78. The number of fused-ring (bicyclic) bond motifs is 2. The maximum atomic E-state index is 3.56. The maximum Gasteiger partial charge on any atom is 0.0595 e. The first-order valence-electron chi connectivity index (χ1n) is 8.53. The van der Waals surface area contributed by atoms with E-state index >= 15 is 0 Å². The highest BCUT2D eigenvalue weighted by Crippen LogP contribution is 2.28. The van der Waals surface area contributed by atoms with E-state index in [4.69, 9.17) is 0 Å². The Morgan fingerprint density at radius 2 is 1.72 bits per heavy atom. The van der Waals surface area contributed by atoms with E-state index in [9.17, 15) is 0 Å². The van der Waals surface area contributed by atoms with Crippen molar-refractivity contribution < 1.29 is 0 Å². The average molecular weight is 342 g/mol. The van der Waals surface area contributed by atoms with Crippen molar-refractivity contribution in [3.05, 3.63) is 95.1 Å². The van der Waals surface area contributed by atoms with E-state index in [1.165, 1.54) is 38.1 Å². The van der Waals surface area contributed by atoms with Crippen LogP contribution in [0.3, 0.4) is 0 Å². The molecule has 0 saturated heterocycles. The minimum absolute atomic E-state index is 0.913. The Bertz CT molecular complexity index is 1110. The summed E-state index contributed by atoms with van der Waals surface area (Å²) in [6, 6.07) is 26.0. The Kier molecular flexibility index (Phi) is 3.46.